The van der Waals surface area contributed by atoms with Crippen molar-refractivity contribution in [3.05, 3.63) is 34.6 Å². The van der Waals surface area contributed by atoms with Gasteiger partial charge in [0.05, 0.1) is 0 Å². The van der Waals surface area contributed by atoms with Crippen LogP contribution in [0.2, 0.25) is 0 Å². The van der Waals surface area contributed by atoms with Gasteiger partial charge in [0.15, 0.2) is 0 Å². The predicted octanol–water partition coefficient (Wildman–Crippen LogP) is 4.59. The smallest absolute Gasteiger partial charge is 0.129 e. The number of hydrogen-bond donors (Lipinski definition) is 0. The topological polar surface area (TPSA) is 0 Å². The summed E-state index contributed by atoms with van der Waals surface area (Å²) in [7, 11) is 0. The van der Waals surface area contributed by atoms with E-state index < -0.39 is 0 Å². The Kier molecular flexibility index (Phi) is 5.44. The number of benzene rings is 1. The molecule has 0 bridgehead atoms. The SMILES string of the molecule is CC.Cc1cc(C(C)C)cc(C)c1F. The second-order valence-electron chi connectivity index (χ2n) is 3.62. The molecule has 0 aromatic heterocycles. The van der Waals surface area contributed by atoms with Crippen LogP contribution < -0.4 is 0 Å². The summed E-state index contributed by atoms with van der Waals surface area (Å²) in [5.41, 5.74) is 2.71. The largest absolute Gasteiger partial charge is 0.206 e. The van der Waals surface area contributed by atoms with Crippen LogP contribution in [0.15, 0.2) is 12.1 Å². The van der Waals surface area contributed by atoms with Gasteiger partial charge in [-0.15, -0.1) is 0 Å². The average molecular weight is 196 g/mol. The molecule has 0 fully saturated rings. The second kappa shape index (κ2) is 5.79. The van der Waals surface area contributed by atoms with Gasteiger partial charge in [-0.2, -0.15) is 0 Å². The normalized spacial score (nSPS) is 9.71. The summed E-state index contributed by atoms with van der Waals surface area (Å²) in [5.74, 6) is 0.405. The van der Waals surface area contributed by atoms with Crippen LogP contribution in [-0.2, 0) is 0 Å². The van der Waals surface area contributed by atoms with Gasteiger partial charge in [-0.3, -0.25) is 0 Å². The molecule has 0 atom stereocenters. The predicted molar refractivity (Wildman–Crippen MR) is 61.3 cm³/mol. The zero-order chi connectivity index (χ0) is 11.3. The van der Waals surface area contributed by atoms with Crippen LogP contribution in [0.5, 0.6) is 0 Å². The van der Waals surface area contributed by atoms with Gasteiger partial charge in [0.1, 0.15) is 5.82 Å². The maximum atomic E-state index is 13.2. The molecule has 0 aliphatic carbocycles. The van der Waals surface area contributed by atoms with Crippen LogP contribution in [0, 0.1) is 19.7 Å². The Morgan fingerprint density at radius 1 is 1.00 bits per heavy atom. The maximum absolute atomic E-state index is 13.2. The van der Waals surface area contributed by atoms with Gasteiger partial charge in [0.25, 0.3) is 0 Å². The summed E-state index contributed by atoms with van der Waals surface area (Å²) in [6, 6.07) is 3.85. The van der Waals surface area contributed by atoms with Gasteiger partial charge in [-0.25, -0.2) is 4.39 Å². The Labute approximate surface area is 87.2 Å². The minimum absolute atomic E-state index is 0.0700. The van der Waals surface area contributed by atoms with Crippen molar-refractivity contribution in [2.75, 3.05) is 0 Å². The molecule has 1 rings (SSSR count). The molecule has 0 spiro atoms. The van der Waals surface area contributed by atoms with Crippen LogP contribution in [0.4, 0.5) is 4.39 Å². The van der Waals surface area contributed by atoms with E-state index in [1.807, 2.05) is 39.8 Å². The van der Waals surface area contributed by atoms with Crippen LogP contribution in [0.1, 0.15) is 50.3 Å². The van der Waals surface area contributed by atoms with E-state index in [-0.39, 0.29) is 5.82 Å². The molecule has 0 saturated heterocycles. The fourth-order valence-corrected chi connectivity index (χ4v) is 1.31. The Morgan fingerprint density at radius 2 is 1.36 bits per heavy atom. The van der Waals surface area contributed by atoms with Crippen LogP contribution >= 0.6 is 0 Å². The summed E-state index contributed by atoms with van der Waals surface area (Å²) in [6.07, 6.45) is 0. The van der Waals surface area contributed by atoms with E-state index in [2.05, 4.69) is 13.8 Å². The molecule has 0 radical (unpaired) electrons. The Balaban J connectivity index is 0.000000791. The monoisotopic (exact) mass is 196 g/mol. The van der Waals surface area contributed by atoms with Crippen LogP contribution in [0.25, 0.3) is 0 Å². The molecular formula is C13H21F. The van der Waals surface area contributed by atoms with Crippen LogP contribution in [-0.4, -0.2) is 0 Å². The lowest BCUT2D eigenvalue weighted by atomic mass is 9.98. The highest BCUT2D eigenvalue weighted by Gasteiger charge is 2.05. The molecule has 0 heterocycles. The summed E-state index contributed by atoms with van der Waals surface area (Å²) >= 11 is 0. The van der Waals surface area contributed by atoms with E-state index in [4.69, 9.17) is 0 Å². The molecule has 1 aromatic carbocycles. The first-order valence-electron chi connectivity index (χ1n) is 5.29. The Morgan fingerprint density at radius 3 is 1.64 bits per heavy atom. The first-order valence-corrected chi connectivity index (χ1v) is 5.29. The third-order valence-electron chi connectivity index (χ3n) is 2.13. The molecule has 80 valence electrons. The Hall–Kier alpha value is -0.850. The molecule has 0 aliphatic rings. The van der Waals surface area contributed by atoms with Crippen molar-refractivity contribution in [3.8, 4) is 0 Å². The molecule has 0 N–H and O–H groups in total. The van der Waals surface area contributed by atoms with E-state index >= 15 is 0 Å². The minimum atomic E-state index is -0.0700. The lowest BCUT2D eigenvalue weighted by Crippen LogP contribution is -1.94. The minimum Gasteiger partial charge on any atom is -0.206 e. The number of hydrogen-bond acceptors (Lipinski definition) is 0. The standard InChI is InChI=1S/C11H15F.C2H6/c1-7(2)10-5-8(3)11(12)9(4)6-10;1-2/h5-7H,1-4H3;1-2H3. The van der Waals surface area contributed by atoms with Crippen molar-refractivity contribution in [1.29, 1.82) is 0 Å². The average Bonchev–Trinajstić information content (AvgIpc) is 2.16. The number of aryl methyl sites for hydroxylation is 2. The van der Waals surface area contributed by atoms with Crippen molar-refractivity contribution < 1.29 is 4.39 Å². The van der Waals surface area contributed by atoms with Gasteiger partial charge < -0.3 is 0 Å². The zero-order valence-electron chi connectivity index (χ0n) is 10.1. The van der Waals surface area contributed by atoms with Crippen LogP contribution in [0.3, 0.4) is 0 Å². The van der Waals surface area contributed by atoms with Gasteiger partial charge >= 0.3 is 0 Å². The highest BCUT2D eigenvalue weighted by Crippen LogP contribution is 2.20. The fourth-order valence-electron chi connectivity index (χ4n) is 1.31. The summed E-state index contributed by atoms with van der Waals surface area (Å²) < 4.78 is 13.2. The van der Waals surface area contributed by atoms with Gasteiger partial charge in [-0.05, 0) is 36.5 Å². The maximum Gasteiger partial charge on any atom is 0.129 e. The first kappa shape index (κ1) is 13.2. The third-order valence-corrected chi connectivity index (χ3v) is 2.13. The van der Waals surface area contributed by atoms with Gasteiger partial charge in [0.2, 0.25) is 0 Å². The highest BCUT2D eigenvalue weighted by molar-refractivity contribution is 5.31. The lowest BCUT2D eigenvalue weighted by molar-refractivity contribution is 0.607. The molecule has 0 amide bonds. The summed E-state index contributed by atoms with van der Waals surface area (Å²) in [4.78, 5) is 0. The van der Waals surface area contributed by atoms with Gasteiger partial charge in [-0.1, -0.05) is 39.8 Å². The van der Waals surface area contributed by atoms with Crippen molar-refractivity contribution in [3.63, 3.8) is 0 Å². The lowest BCUT2D eigenvalue weighted by Gasteiger charge is -2.09. The fraction of sp³-hybridized carbons (Fsp3) is 0.538. The highest BCUT2D eigenvalue weighted by atomic mass is 19.1. The molecule has 0 unspecified atom stereocenters. The summed E-state index contributed by atoms with van der Waals surface area (Å²) in [5, 5.41) is 0. The second-order valence-corrected chi connectivity index (χ2v) is 3.62. The summed E-state index contributed by atoms with van der Waals surface area (Å²) in [6.45, 7) is 11.9. The third kappa shape index (κ3) is 3.13. The van der Waals surface area contributed by atoms with E-state index in [1.165, 1.54) is 5.56 Å². The van der Waals surface area contributed by atoms with E-state index in [9.17, 15) is 4.39 Å². The van der Waals surface area contributed by atoms with Gasteiger partial charge in [0, 0.05) is 0 Å². The molecule has 1 heteroatoms. The van der Waals surface area contributed by atoms with E-state index in [0.717, 1.165) is 11.1 Å². The number of rotatable bonds is 1. The quantitative estimate of drug-likeness (QED) is 0.616. The molecule has 14 heavy (non-hydrogen) atoms. The first-order chi connectivity index (χ1) is 6.52. The van der Waals surface area contributed by atoms with Crippen molar-refractivity contribution in [2.45, 2.75) is 47.5 Å². The molecule has 0 aliphatic heterocycles. The zero-order valence-corrected chi connectivity index (χ0v) is 10.1. The van der Waals surface area contributed by atoms with Crippen molar-refractivity contribution in [1.82, 2.24) is 0 Å². The Bertz CT molecular complexity index is 264. The molecule has 1 aromatic rings. The molecule has 0 nitrogen and oxygen atoms in total. The van der Waals surface area contributed by atoms with E-state index in [1.54, 1.807) is 0 Å². The molecular weight excluding hydrogens is 175 g/mol. The molecule has 0 saturated carbocycles. The number of halogens is 1. The van der Waals surface area contributed by atoms with Crippen molar-refractivity contribution >= 4 is 0 Å². The van der Waals surface area contributed by atoms with Crippen molar-refractivity contribution in [2.24, 2.45) is 0 Å². The van der Waals surface area contributed by atoms with E-state index in [0.29, 0.717) is 5.92 Å².